The molecule has 0 aromatic heterocycles. The highest BCUT2D eigenvalue weighted by Crippen LogP contribution is 2.30. The van der Waals surface area contributed by atoms with Gasteiger partial charge in [0.15, 0.2) is 23.0 Å². The van der Waals surface area contributed by atoms with E-state index in [1.54, 1.807) is 12.1 Å². The van der Waals surface area contributed by atoms with Crippen LogP contribution < -0.4 is 9.47 Å². The second-order valence-electron chi connectivity index (χ2n) is 3.34. The lowest BCUT2D eigenvalue weighted by Gasteiger charge is -1.91. The van der Waals surface area contributed by atoms with Gasteiger partial charge in [-0.25, -0.2) is 0 Å². The van der Waals surface area contributed by atoms with Crippen molar-refractivity contribution in [3.63, 3.8) is 0 Å². The molecule has 0 atom stereocenters. The van der Waals surface area contributed by atoms with E-state index in [0.717, 1.165) is 11.5 Å². The lowest BCUT2D eigenvalue weighted by atomic mass is 10.3. The molecule has 4 heteroatoms. The molecule has 0 fully saturated rings. The summed E-state index contributed by atoms with van der Waals surface area (Å²) in [6, 6.07) is 13.8. The topological polar surface area (TPSA) is 58.9 Å². The predicted octanol–water partition coefficient (Wildman–Crippen LogP) is 3.15. The smallest absolute Gasteiger partial charge is 0.231 e. The number of phenols is 2. The number of para-hydroxylation sites is 4. The van der Waals surface area contributed by atoms with E-state index in [0.29, 0.717) is 6.79 Å². The number of phenolic OH excluding ortho intramolecular Hbond substituents is 2. The van der Waals surface area contributed by atoms with E-state index in [4.69, 9.17) is 19.7 Å². The number of fused-ring (bicyclic) bond motifs is 1. The number of benzene rings is 2. The van der Waals surface area contributed by atoms with Crippen LogP contribution in [-0.4, -0.2) is 17.0 Å². The Morgan fingerprint density at radius 1 is 0.722 bits per heavy atom. The van der Waals surface area contributed by atoms with Crippen LogP contribution in [0.5, 0.6) is 23.0 Å². The molecule has 0 bridgehead atoms. The molecule has 4 nitrogen and oxygen atoms in total. The van der Waals surface area contributed by atoms with Crippen molar-refractivity contribution in [2.45, 2.75) is 7.43 Å². The largest absolute Gasteiger partial charge is 0.504 e. The van der Waals surface area contributed by atoms with E-state index in [-0.39, 0.29) is 18.9 Å². The minimum Gasteiger partial charge on any atom is -0.504 e. The quantitative estimate of drug-likeness (QED) is 0.703. The molecule has 2 N–H and O–H groups in total. The van der Waals surface area contributed by atoms with Crippen molar-refractivity contribution in [1.82, 2.24) is 0 Å². The van der Waals surface area contributed by atoms with Gasteiger partial charge in [0.2, 0.25) is 6.79 Å². The summed E-state index contributed by atoms with van der Waals surface area (Å²) in [6.45, 7) is 0.360. The van der Waals surface area contributed by atoms with Gasteiger partial charge in [0.25, 0.3) is 0 Å². The first-order valence-electron chi connectivity index (χ1n) is 5.09. The highest BCUT2D eigenvalue weighted by atomic mass is 16.7. The van der Waals surface area contributed by atoms with Crippen LogP contribution in [0.3, 0.4) is 0 Å². The van der Waals surface area contributed by atoms with Crippen LogP contribution in [0.15, 0.2) is 48.5 Å². The Balaban J connectivity index is 0.000000172. The second kappa shape index (κ2) is 6.39. The zero-order valence-corrected chi connectivity index (χ0v) is 9.04. The lowest BCUT2D eigenvalue weighted by molar-refractivity contribution is 0.174. The van der Waals surface area contributed by atoms with Gasteiger partial charge >= 0.3 is 0 Å². The highest BCUT2D eigenvalue weighted by Gasteiger charge is 2.09. The van der Waals surface area contributed by atoms with Gasteiger partial charge in [-0.15, -0.1) is 0 Å². The van der Waals surface area contributed by atoms with Crippen LogP contribution in [-0.2, 0) is 0 Å². The Labute approximate surface area is 106 Å². The van der Waals surface area contributed by atoms with Crippen LogP contribution in [0.4, 0.5) is 0 Å². The van der Waals surface area contributed by atoms with E-state index in [1.165, 1.54) is 12.1 Å². The van der Waals surface area contributed by atoms with Crippen molar-refractivity contribution < 1.29 is 19.7 Å². The first-order chi connectivity index (χ1) is 8.27. The molecule has 0 saturated heterocycles. The molecule has 1 heterocycles. The molecule has 1 aliphatic heterocycles. The SMILES string of the molecule is C.Oc1ccccc1O.c1ccc2c(c1)OCO2. The van der Waals surface area contributed by atoms with Gasteiger partial charge in [-0.3, -0.25) is 0 Å². The van der Waals surface area contributed by atoms with E-state index >= 15 is 0 Å². The summed E-state index contributed by atoms with van der Waals surface area (Å²) in [5, 5.41) is 17.3. The van der Waals surface area contributed by atoms with E-state index in [1.807, 2.05) is 24.3 Å². The molecule has 0 aliphatic carbocycles. The molecule has 3 rings (SSSR count). The van der Waals surface area contributed by atoms with E-state index < -0.39 is 0 Å². The molecule has 0 saturated carbocycles. The Kier molecular flexibility index (Phi) is 4.87. The van der Waals surface area contributed by atoms with Crippen molar-refractivity contribution in [1.29, 1.82) is 0 Å². The molecule has 1 aliphatic rings. The Morgan fingerprint density at radius 2 is 1.11 bits per heavy atom. The minimum absolute atomic E-state index is 0. The van der Waals surface area contributed by atoms with Gasteiger partial charge in [0.05, 0.1) is 0 Å². The summed E-state index contributed by atoms with van der Waals surface area (Å²) < 4.78 is 10.2. The summed E-state index contributed by atoms with van der Waals surface area (Å²) in [7, 11) is 0. The first-order valence-corrected chi connectivity index (χ1v) is 5.09. The third-order valence-corrected chi connectivity index (χ3v) is 2.16. The molecule has 0 amide bonds. The third-order valence-electron chi connectivity index (χ3n) is 2.16. The van der Waals surface area contributed by atoms with Gasteiger partial charge < -0.3 is 19.7 Å². The summed E-state index contributed by atoms with van der Waals surface area (Å²) in [6.07, 6.45) is 0. The normalized spacial score (nSPS) is 10.9. The molecule has 96 valence electrons. The zero-order chi connectivity index (χ0) is 12.1. The predicted molar refractivity (Wildman–Crippen MR) is 69.1 cm³/mol. The van der Waals surface area contributed by atoms with Gasteiger partial charge in [0, 0.05) is 0 Å². The average Bonchev–Trinajstić information content (AvgIpc) is 2.82. The fourth-order valence-electron chi connectivity index (χ4n) is 1.31. The summed E-state index contributed by atoms with van der Waals surface area (Å²) >= 11 is 0. The van der Waals surface area contributed by atoms with Crippen LogP contribution in [0.25, 0.3) is 0 Å². The Bertz CT molecular complexity index is 453. The van der Waals surface area contributed by atoms with Crippen molar-refractivity contribution in [3.8, 4) is 23.0 Å². The number of rotatable bonds is 0. The van der Waals surface area contributed by atoms with Gasteiger partial charge in [-0.1, -0.05) is 31.7 Å². The first kappa shape index (κ1) is 13.7. The molecular weight excluding hydrogens is 232 g/mol. The van der Waals surface area contributed by atoms with Crippen LogP contribution in [0.2, 0.25) is 0 Å². The van der Waals surface area contributed by atoms with Gasteiger partial charge in [-0.2, -0.15) is 0 Å². The third kappa shape index (κ3) is 3.31. The average molecular weight is 248 g/mol. The number of hydrogen-bond acceptors (Lipinski definition) is 4. The van der Waals surface area contributed by atoms with Gasteiger partial charge in [0.1, 0.15) is 0 Å². The van der Waals surface area contributed by atoms with Crippen molar-refractivity contribution >= 4 is 0 Å². The van der Waals surface area contributed by atoms with Crippen LogP contribution in [0, 0.1) is 0 Å². The summed E-state index contributed by atoms with van der Waals surface area (Å²) in [5.41, 5.74) is 0. The van der Waals surface area contributed by atoms with Crippen molar-refractivity contribution in [2.24, 2.45) is 0 Å². The molecule has 0 radical (unpaired) electrons. The van der Waals surface area contributed by atoms with E-state index in [9.17, 15) is 0 Å². The fraction of sp³-hybridized carbons (Fsp3) is 0.143. The standard InChI is InChI=1S/C7H6O2.C6H6O2.CH4/c1-2-4-7-6(3-1)8-5-9-7;7-5-3-1-2-4-6(5)8;/h1-4H,5H2;1-4,7-8H;1H4. The molecule has 0 unspecified atom stereocenters. The fourth-order valence-corrected chi connectivity index (χ4v) is 1.31. The minimum atomic E-state index is -0.0764. The number of aromatic hydroxyl groups is 2. The number of ether oxygens (including phenoxy) is 2. The maximum absolute atomic E-state index is 8.67. The van der Waals surface area contributed by atoms with Crippen molar-refractivity contribution in [3.05, 3.63) is 48.5 Å². The Morgan fingerprint density at radius 3 is 1.50 bits per heavy atom. The Hall–Kier alpha value is -2.36. The second-order valence-corrected chi connectivity index (χ2v) is 3.34. The molecule has 2 aromatic rings. The molecule has 2 aromatic carbocycles. The zero-order valence-electron chi connectivity index (χ0n) is 9.04. The maximum Gasteiger partial charge on any atom is 0.231 e. The summed E-state index contributed by atoms with van der Waals surface area (Å²) in [5.74, 6) is 1.54. The molecule has 18 heavy (non-hydrogen) atoms. The van der Waals surface area contributed by atoms with Crippen LogP contribution in [0.1, 0.15) is 7.43 Å². The van der Waals surface area contributed by atoms with Crippen molar-refractivity contribution in [2.75, 3.05) is 6.79 Å². The van der Waals surface area contributed by atoms with Gasteiger partial charge in [-0.05, 0) is 24.3 Å². The summed E-state index contributed by atoms with van der Waals surface area (Å²) in [4.78, 5) is 0. The maximum atomic E-state index is 8.67. The molecule has 0 spiro atoms. The lowest BCUT2D eigenvalue weighted by Crippen LogP contribution is -1.92. The van der Waals surface area contributed by atoms with Crippen LogP contribution >= 0.6 is 0 Å². The highest BCUT2D eigenvalue weighted by molar-refractivity contribution is 5.40. The number of hydrogen-bond donors (Lipinski definition) is 2. The molecular formula is C14H16O4. The van der Waals surface area contributed by atoms with E-state index in [2.05, 4.69) is 0 Å². The monoisotopic (exact) mass is 248 g/mol.